The Bertz CT molecular complexity index is 483. The van der Waals surface area contributed by atoms with Crippen molar-refractivity contribution in [2.24, 2.45) is 5.41 Å². The van der Waals surface area contributed by atoms with Crippen LogP contribution in [0.15, 0.2) is 24.3 Å². The van der Waals surface area contributed by atoms with Crippen molar-refractivity contribution >= 4 is 5.91 Å². The number of likely N-dealkylation sites (tertiary alicyclic amines) is 1. The van der Waals surface area contributed by atoms with Gasteiger partial charge < -0.3 is 15.0 Å². The second kappa shape index (κ2) is 5.40. The van der Waals surface area contributed by atoms with E-state index in [1.54, 1.807) is 0 Å². The number of carbonyl (C=O) groups is 1. The van der Waals surface area contributed by atoms with Gasteiger partial charge in [0, 0.05) is 25.0 Å². The molecule has 1 amide bonds. The normalized spacial score (nSPS) is 25.4. The average Bonchev–Trinajstić information content (AvgIpc) is 3.09. The SMILES string of the molecule is O=C(COc1ccc(F)cc1)N1CCC2(CCNC2)C1. The van der Waals surface area contributed by atoms with Gasteiger partial charge in [-0.1, -0.05) is 0 Å². The van der Waals surface area contributed by atoms with Crippen molar-refractivity contribution in [1.29, 1.82) is 0 Å². The Morgan fingerprint density at radius 3 is 2.85 bits per heavy atom. The first-order chi connectivity index (χ1) is 9.67. The number of nitrogens with zero attached hydrogens (tertiary/aromatic N) is 1. The molecule has 20 heavy (non-hydrogen) atoms. The van der Waals surface area contributed by atoms with E-state index < -0.39 is 0 Å². The minimum Gasteiger partial charge on any atom is -0.484 e. The van der Waals surface area contributed by atoms with Gasteiger partial charge in [-0.3, -0.25) is 4.79 Å². The first kappa shape index (κ1) is 13.4. The molecule has 0 saturated carbocycles. The Morgan fingerprint density at radius 1 is 1.35 bits per heavy atom. The lowest BCUT2D eigenvalue weighted by atomic mass is 9.87. The van der Waals surface area contributed by atoms with Gasteiger partial charge in [0.2, 0.25) is 0 Å². The summed E-state index contributed by atoms with van der Waals surface area (Å²) in [6, 6.07) is 5.73. The van der Waals surface area contributed by atoms with E-state index in [4.69, 9.17) is 4.74 Å². The van der Waals surface area contributed by atoms with Crippen LogP contribution in [0.3, 0.4) is 0 Å². The van der Waals surface area contributed by atoms with Gasteiger partial charge in [-0.05, 0) is 43.7 Å². The number of benzene rings is 1. The van der Waals surface area contributed by atoms with Gasteiger partial charge in [-0.2, -0.15) is 0 Å². The van der Waals surface area contributed by atoms with Crippen molar-refractivity contribution in [3.8, 4) is 5.75 Å². The molecule has 2 fully saturated rings. The number of hydrogen-bond donors (Lipinski definition) is 1. The Balaban J connectivity index is 1.51. The highest BCUT2D eigenvalue weighted by molar-refractivity contribution is 5.78. The zero-order valence-electron chi connectivity index (χ0n) is 11.4. The molecule has 4 nitrogen and oxygen atoms in total. The number of rotatable bonds is 3. The van der Waals surface area contributed by atoms with E-state index in [-0.39, 0.29) is 23.7 Å². The maximum absolute atomic E-state index is 12.8. The maximum Gasteiger partial charge on any atom is 0.260 e. The van der Waals surface area contributed by atoms with Gasteiger partial charge in [0.05, 0.1) is 0 Å². The van der Waals surface area contributed by atoms with Crippen LogP contribution in [0.1, 0.15) is 12.8 Å². The van der Waals surface area contributed by atoms with E-state index in [9.17, 15) is 9.18 Å². The zero-order chi connectivity index (χ0) is 14.0. The Morgan fingerprint density at radius 2 is 2.15 bits per heavy atom. The number of hydrogen-bond acceptors (Lipinski definition) is 3. The van der Waals surface area contributed by atoms with Crippen molar-refractivity contribution < 1.29 is 13.9 Å². The van der Waals surface area contributed by atoms with E-state index in [1.165, 1.54) is 24.3 Å². The highest BCUT2D eigenvalue weighted by Crippen LogP contribution is 2.35. The molecule has 3 rings (SSSR count). The maximum atomic E-state index is 12.8. The van der Waals surface area contributed by atoms with Gasteiger partial charge in [-0.15, -0.1) is 0 Å². The number of nitrogens with one attached hydrogen (secondary N) is 1. The molecule has 2 saturated heterocycles. The Labute approximate surface area is 117 Å². The third-order valence-electron chi connectivity index (χ3n) is 4.30. The summed E-state index contributed by atoms with van der Waals surface area (Å²) in [4.78, 5) is 14.0. The molecule has 1 aromatic rings. The summed E-state index contributed by atoms with van der Waals surface area (Å²) in [5.74, 6) is 0.230. The lowest BCUT2D eigenvalue weighted by Gasteiger charge is -2.22. The Kier molecular flexibility index (Phi) is 3.61. The minimum absolute atomic E-state index is 0.0121. The van der Waals surface area contributed by atoms with Crippen molar-refractivity contribution in [3.63, 3.8) is 0 Å². The molecular formula is C15H19FN2O2. The fourth-order valence-corrected chi connectivity index (χ4v) is 3.06. The molecular weight excluding hydrogens is 259 g/mol. The first-order valence-electron chi connectivity index (χ1n) is 7.04. The second-order valence-electron chi connectivity index (χ2n) is 5.73. The molecule has 1 spiro atoms. The van der Waals surface area contributed by atoms with Crippen LogP contribution in [-0.2, 0) is 4.79 Å². The summed E-state index contributed by atoms with van der Waals surface area (Å²) in [5.41, 5.74) is 0.283. The molecule has 2 heterocycles. The molecule has 2 aliphatic heterocycles. The van der Waals surface area contributed by atoms with Crippen molar-refractivity contribution in [3.05, 3.63) is 30.1 Å². The fourth-order valence-electron chi connectivity index (χ4n) is 3.06. The van der Waals surface area contributed by atoms with Gasteiger partial charge >= 0.3 is 0 Å². The molecule has 0 aromatic heterocycles. The van der Waals surface area contributed by atoms with Gasteiger partial charge in [-0.25, -0.2) is 4.39 Å². The molecule has 0 bridgehead atoms. The van der Waals surface area contributed by atoms with E-state index >= 15 is 0 Å². The molecule has 1 unspecified atom stereocenters. The van der Waals surface area contributed by atoms with Crippen LogP contribution >= 0.6 is 0 Å². The molecule has 1 atom stereocenters. The summed E-state index contributed by atoms with van der Waals surface area (Å²) in [6.45, 7) is 3.72. The van der Waals surface area contributed by atoms with Crippen LogP contribution in [0.2, 0.25) is 0 Å². The lowest BCUT2D eigenvalue weighted by molar-refractivity contribution is -0.132. The Hall–Kier alpha value is -1.62. The van der Waals surface area contributed by atoms with Crippen LogP contribution in [0, 0.1) is 11.2 Å². The fraction of sp³-hybridized carbons (Fsp3) is 0.533. The molecule has 0 radical (unpaired) electrons. The smallest absolute Gasteiger partial charge is 0.260 e. The van der Waals surface area contributed by atoms with E-state index in [1.807, 2.05) is 4.90 Å². The zero-order valence-corrected chi connectivity index (χ0v) is 11.4. The topological polar surface area (TPSA) is 41.6 Å². The van der Waals surface area contributed by atoms with Gasteiger partial charge in [0.15, 0.2) is 6.61 Å². The molecule has 1 N–H and O–H groups in total. The molecule has 1 aromatic carbocycles. The summed E-state index contributed by atoms with van der Waals surface area (Å²) in [5, 5.41) is 3.37. The van der Waals surface area contributed by atoms with Crippen molar-refractivity contribution in [1.82, 2.24) is 10.2 Å². The monoisotopic (exact) mass is 278 g/mol. The molecule has 5 heteroatoms. The van der Waals surface area contributed by atoms with Crippen LogP contribution < -0.4 is 10.1 Å². The van der Waals surface area contributed by atoms with Gasteiger partial charge in [0.25, 0.3) is 5.91 Å². The number of ether oxygens (including phenoxy) is 1. The predicted octanol–water partition coefficient (Wildman–Crippen LogP) is 1.42. The predicted molar refractivity (Wildman–Crippen MR) is 73.0 cm³/mol. The average molecular weight is 278 g/mol. The summed E-state index contributed by atoms with van der Waals surface area (Å²) < 4.78 is 18.2. The van der Waals surface area contributed by atoms with E-state index in [0.717, 1.165) is 39.0 Å². The van der Waals surface area contributed by atoms with Gasteiger partial charge in [0.1, 0.15) is 11.6 Å². The van der Waals surface area contributed by atoms with Crippen LogP contribution in [0.5, 0.6) is 5.75 Å². The first-order valence-corrected chi connectivity index (χ1v) is 7.04. The largest absolute Gasteiger partial charge is 0.484 e. The quantitative estimate of drug-likeness (QED) is 0.909. The third-order valence-corrected chi connectivity index (χ3v) is 4.30. The number of halogens is 1. The lowest BCUT2D eigenvalue weighted by Crippen LogP contribution is -2.36. The summed E-state index contributed by atoms with van der Waals surface area (Å²) >= 11 is 0. The van der Waals surface area contributed by atoms with Crippen molar-refractivity contribution in [2.45, 2.75) is 12.8 Å². The summed E-state index contributed by atoms with van der Waals surface area (Å²) in [6.07, 6.45) is 2.22. The molecule has 0 aliphatic carbocycles. The highest BCUT2D eigenvalue weighted by atomic mass is 19.1. The van der Waals surface area contributed by atoms with E-state index in [2.05, 4.69) is 5.32 Å². The molecule has 2 aliphatic rings. The van der Waals surface area contributed by atoms with Crippen molar-refractivity contribution in [2.75, 3.05) is 32.8 Å². The standard InChI is InChI=1S/C15H19FN2O2/c16-12-1-3-13(4-2-12)20-9-14(19)18-8-6-15(11-18)5-7-17-10-15/h1-4,17H,5-11H2. The highest BCUT2D eigenvalue weighted by Gasteiger charge is 2.41. The minimum atomic E-state index is -0.307. The number of carbonyl (C=O) groups excluding carboxylic acids is 1. The third kappa shape index (κ3) is 2.77. The summed E-state index contributed by atoms with van der Waals surface area (Å²) in [7, 11) is 0. The van der Waals surface area contributed by atoms with Crippen LogP contribution in [0.25, 0.3) is 0 Å². The molecule has 108 valence electrons. The second-order valence-corrected chi connectivity index (χ2v) is 5.73. The van der Waals surface area contributed by atoms with Crippen LogP contribution in [-0.4, -0.2) is 43.6 Å². The van der Waals surface area contributed by atoms with E-state index in [0.29, 0.717) is 5.75 Å². The van der Waals surface area contributed by atoms with Crippen LogP contribution in [0.4, 0.5) is 4.39 Å². The number of amides is 1.